The fourth-order valence-corrected chi connectivity index (χ4v) is 7.37. The fourth-order valence-electron chi connectivity index (χ4n) is 4.80. The molecular formula is C25H30N4O3S2. The van der Waals surface area contributed by atoms with E-state index in [-0.39, 0.29) is 10.8 Å². The van der Waals surface area contributed by atoms with E-state index in [0.29, 0.717) is 25.2 Å². The maximum atomic E-state index is 13.7. The molecule has 0 N–H and O–H groups in total. The summed E-state index contributed by atoms with van der Waals surface area (Å²) < 4.78 is 29.3. The zero-order valence-electron chi connectivity index (χ0n) is 19.4. The van der Waals surface area contributed by atoms with Crippen LogP contribution in [0.25, 0.3) is 10.2 Å². The highest BCUT2D eigenvalue weighted by Crippen LogP contribution is 2.31. The molecule has 2 aliphatic rings. The summed E-state index contributed by atoms with van der Waals surface area (Å²) in [6, 6.07) is 13.0. The molecule has 180 valence electrons. The molecule has 3 heterocycles. The topological polar surface area (TPSA) is 73.8 Å². The number of sulfonamides is 1. The van der Waals surface area contributed by atoms with Gasteiger partial charge >= 0.3 is 0 Å². The third kappa shape index (κ3) is 4.56. The number of anilines is 1. The largest absolute Gasteiger partial charge is 0.371 e. The quantitative estimate of drug-likeness (QED) is 0.505. The minimum Gasteiger partial charge on any atom is -0.371 e. The molecule has 3 aromatic rings. The summed E-state index contributed by atoms with van der Waals surface area (Å²) >= 11 is 1.58. The van der Waals surface area contributed by atoms with Crippen LogP contribution in [0.1, 0.15) is 47.5 Å². The van der Waals surface area contributed by atoms with Crippen molar-refractivity contribution in [2.45, 2.75) is 43.5 Å². The van der Waals surface area contributed by atoms with Crippen LogP contribution in [0.15, 0.2) is 47.4 Å². The van der Waals surface area contributed by atoms with Crippen LogP contribution in [-0.2, 0) is 16.6 Å². The highest BCUT2D eigenvalue weighted by atomic mass is 32.2. The van der Waals surface area contributed by atoms with Crippen LogP contribution in [-0.4, -0.2) is 61.7 Å². The molecule has 0 bridgehead atoms. The molecule has 7 nitrogen and oxygen atoms in total. The van der Waals surface area contributed by atoms with Crippen LogP contribution >= 0.6 is 11.3 Å². The van der Waals surface area contributed by atoms with Gasteiger partial charge in [-0.15, -0.1) is 11.3 Å². The number of carbonyl (C=O) groups excluding carboxylic acids is 1. The molecule has 5 rings (SSSR count). The minimum atomic E-state index is -3.63. The Hall–Kier alpha value is -2.49. The number of amides is 1. The maximum absolute atomic E-state index is 13.7. The third-order valence-electron chi connectivity index (χ3n) is 6.66. The second kappa shape index (κ2) is 9.64. The predicted octanol–water partition coefficient (Wildman–Crippen LogP) is 4.34. The van der Waals surface area contributed by atoms with Gasteiger partial charge in [-0.1, -0.05) is 18.6 Å². The lowest BCUT2D eigenvalue weighted by Gasteiger charge is -2.27. The summed E-state index contributed by atoms with van der Waals surface area (Å²) in [7, 11) is -1.87. The first kappa shape index (κ1) is 23.3. The highest BCUT2D eigenvalue weighted by molar-refractivity contribution is 7.89. The Morgan fingerprint density at radius 3 is 2.44 bits per heavy atom. The van der Waals surface area contributed by atoms with Crippen molar-refractivity contribution in [2.75, 3.05) is 38.1 Å². The highest BCUT2D eigenvalue weighted by Gasteiger charge is 2.29. The minimum absolute atomic E-state index is 0.183. The Morgan fingerprint density at radius 2 is 1.71 bits per heavy atom. The molecule has 0 saturated carbocycles. The molecule has 2 aromatic carbocycles. The van der Waals surface area contributed by atoms with Crippen molar-refractivity contribution in [3.63, 3.8) is 0 Å². The molecule has 2 fully saturated rings. The Labute approximate surface area is 205 Å². The van der Waals surface area contributed by atoms with Gasteiger partial charge in [0, 0.05) is 38.9 Å². The van der Waals surface area contributed by atoms with E-state index < -0.39 is 10.0 Å². The van der Waals surface area contributed by atoms with Gasteiger partial charge in [0.25, 0.3) is 5.91 Å². The number of fused-ring (bicyclic) bond motifs is 1. The molecule has 0 atom stereocenters. The number of piperidine rings is 1. The second-order valence-corrected chi connectivity index (χ2v) is 12.1. The van der Waals surface area contributed by atoms with E-state index in [1.165, 1.54) is 0 Å². The van der Waals surface area contributed by atoms with Crippen molar-refractivity contribution in [2.24, 2.45) is 0 Å². The van der Waals surface area contributed by atoms with Crippen LogP contribution in [0.2, 0.25) is 0 Å². The Balaban J connectivity index is 1.46. The smallest absolute Gasteiger partial charge is 0.256 e. The summed E-state index contributed by atoms with van der Waals surface area (Å²) in [5, 5.41) is 0.858. The summed E-state index contributed by atoms with van der Waals surface area (Å²) in [5.41, 5.74) is 2.19. The molecule has 9 heteroatoms. The van der Waals surface area contributed by atoms with E-state index in [9.17, 15) is 13.2 Å². The van der Waals surface area contributed by atoms with Gasteiger partial charge in [-0.05, 0) is 56.0 Å². The van der Waals surface area contributed by atoms with Gasteiger partial charge in [0.15, 0.2) is 0 Å². The maximum Gasteiger partial charge on any atom is 0.256 e. The average molecular weight is 499 g/mol. The molecule has 0 unspecified atom stereocenters. The first-order valence-electron chi connectivity index (χ1n) is 11.9. The molecule has 1 aromatic heterocycles. The molecule has 0 radical (unpaired) electrons. The van der Waals surface area contributed by atoms with E-state index in [1.807, 2.05) is 30.3 Å². The van der Waals surface area contributed by atoms with Crippen LogP contribution in [0, 0.1) is 0 Å². The van der Waals surface area contributed by atoms with E-state index in [4.69, 9.17) is 0 Å². The molecular weight excluding hydrogens is 468 g/mol. The van der Waals surface area contributed by atoms with Crippen LogP contribution in [0.3, 0.4) is 0 Å². The number of hydrogen-bond acceptors (Lipinski definition) is 6. The number of benzene rings is 2. The second-order valence-electron chi connectivity index (χ2n) is 9.07. The molecule has 1 amide bonds. The normalized spacial score (nSPS) is 17.4. The van der Waals surface area contributed by atoms with Gasteiger partial charge in [-0.3, -0.25) is 4.79 Å². The zero-order valence-corrected chi connectivity index (χ0v) is 21.1. The van der Waals surface area contributed by atoms with Gasteiger partial charge in [-0.25, -0.2) is 13.4 Å². The van der Waals surface area contributed by atoms with E-state index in [1.54, 1.807) is 39.7 Å². The van der Waals surface area contributed by atoms with E-state index in [2.05, 4.69) is 9.88 Å². The summed E-state index contributed by atoms with van der Waals surface area (Å²) in [6.45, 7) is 3.20. The first-order valence-corrected chi connectivity index (χ1v) is 14.2. The summed E-state index contributed by atoms with van der Waals surface area (Å²) in [6.07, 6.45) is 4.95. The number of rotatable bonds is 6. The lowest BCUT2D eigenvalue weighted by atomic mass is 10.1. The average Bonchev–Trinajstić information content (AvgIpc) is 3.53. The number of para-hydroxylation sites is 1. The number of thiazole rings is 1. The Bertz CT molecular complexity index is 1260. The summed E-state index contributed by atoms with van der Waals surface area (Å²) in [5.74, 6) is -0.183. The SMILES string of the molecule is CN(Cc1nc2ccccc2s1)C(=O)c1cc(S(=O)(=O)N2CCCCC2)ccc1N1CCCC1. The van der Waals surface area contributed by atoms with Gasteiger partial charge in [-0.2, -0.15) is 4.31 Å². The monoisotopic (exact) mass is 498 g/mol. The van der Waals surface area contributed by atoms with Crippen LogP contribution in [0.5, 0.6) is 0 Å². The van der Waals surface area contributed by atoms with E-state index in [0.717, 1.165) is 66.1 Å². The molecule has 2 aliphatic heterocycles. The molecule has 0 aliphatic carbocycles. The standard InChI is InChI=1S/C25H30N4O3S2/c1-27(18-24-26-21-9-3-4-10-23(21)33-24)25(30)20-17-19(11-12-22(20)28-13-7-8-14-28)34(31,32)29-15-5-2-6-16-29/h3-4,9-12,17H,2,5-8,13-16,18H2,1H3. The van der Waals surface area contributed by atoms with Gasteiger partial charge < -0.3 is 9.80 Å². The Kier molecular flexibility index (Phi) is 6.59. The van der Waals surface area contributed by atoms with Crippen molar-refractivity contribution in [1.82, 2.24) is 14.2 Å². The molecule has 34 heavy (non-hydrogen) atoms. The third-order valence-corrected chi connectivity index (χ3v) is 9.57. The number of aromatic nitrogens is 1. The van der Waals surface area contributed by atoms with Crippen molar-refractivity contribution >= 4 is 43.2 Å². The number of carbonyl (C=O) groups is 1. The van der Waals surface area contributed by atoms with Crippen molar-refractivity contribution < 1.29 is 13.2 Å². The molecule has 0 spiro atoms. The van der Waals surface area contributed by atoms with E-state index >= 15 is 0 Å². The van der Waals surface area contributed by atoms with Crippen LogP contribution in [0.4, 0.5) is 5.69 Å². The zero-order chi connectivity index (χ0) is 23.7. The number of nitrogens with zero attached hydrogens (tertiary/aromatic N) is 4. The molecule has 2 saturated heterocycles. The first-order chi connectivity index (χ1) is 16.4. The lowest BCUT2D eigenvalue weighted by Crippen LogP contribution is -2.36. The predicted molar refractivity (Wildman–Crippen MR) is 136 cm³/mol. The van der Waals surface area contributed by atoms with Crippen molar-refractivity contribution in [1.29, 1.82) is 0 Å². The van der Waals surface area contributed by atoms with Crippen molar-refractivity contribution in [3.05, 3.63) is 53.0 Å². The van der Waals surface area contributed by atoms with Gasteiger partial charge in [0.1, 0.15) is 5.01 Å². The summed E-state index contributed by atoms with van der Waals surface area (Å²) in [4.78, 5) is 22.4. The Morgan fingerprint density at radius 1 is 1.00 bits per heavy atom. The van der Waals surface area contributed by atoms with Crippen LogP contribution < -0.4 is 4.90 Å². The van der Waals surface area contributed by atoms with Gasteiger partial charge in [0.05, 0.1) is 27.2 Å². The van der Waals surface area contributed by atoms with Crippen molar-refractivity contribution in [3.8, 4) is 0 Å². The van der Waals surface area contributed by atoms with Gasteiger partial charge in [0.2, 0.25) is 10.0 Å². The number of hydrogen-bond donors (Lipinski definition) is 0. The fraction of sp³-hybridized carbons (Fsp3) is 0.440. The lowest BCUT2D eigenvalue weighted by molar-refractivity contribution is 0.0785.